The smallest absolute Gasteiger partial charge is 0.323 e. The van der Waals surface area contributed by atoms with E-state index in [0.29, 0.717) is 26.1 Å². The molecule has 6 nitrogen and oxygen atoms in total. The summed E-state index contributed by atoms with van der Waals surface area (Å²) in [7, 11) is 0. The summed E-state index contributed by atoms with van der Waals surface area (Å²) >= 11 is 0. The Hall–Kier alpha value is -1.14. The van der Waals surface area contributed by atoms with Crippen LogP contribution in [-0.4, -0.2) is 49.1 Å². The molecule has 0 saturated carbocycles. The van der Waals surface area contributed by atoms with Crippen LogP contribution in [0, 0.1) is 5.92 Å². The van der Waals surface area contributed by atoms with Crippen molar-refractivity contribution in [3.63, 3.8) is 0 Å². The van der Waals surface area contributed by atoms with Crippen molar-refractivity contribution in [3.8, 4) is 0 Å². The molecule has 6 heteroatoms. The van der Waals surface area contributed by atoms with Gasteiger partial charge in [0, 0.05) is 19.6 Å². The Balaban J connectivity index is 2.92. The molecule has 0 aromatic carbocycles. The number of esters is 2. The molecule has 1 atom stereocenters. The quantitative estimate of drug-likeness (QED) is 0.586. The fourth-order valence-electron chi connectivity index (χ4n) is 2.23. The molecule has 0 bridgehead atoms. The van der Waals surface area contributed by atoms with Gasteiger partial charge in [0.15, 0.2) is 5.92 Å². The summed E-state index contributed by atoms with van der Waals surface area (Å²) in [6.45, 7) is 4.44. The molecule has 0 spiro atoms. The molecule has 1 unspecified atom stereocenters. The molecule has 1 heterocycles. The van der Waals surface area contributed by atoms with E-state index in [-0.39, 0.29) is 19.6 Å². The summed E-state index contributed by atoms with van der Waals surface area (Å²) in [5.41, 5.74) is -1.45. The summed E-state index contributed by atoms with van der Waals surface area (Å²) in [5, 5.41) is 10.6. The van der Waals surface area contributed by atoms with Gasteiger partial charge in [0.1, 0.15) is 0 Å². The maximum absolute atomic E-state index is 12.0. The van der Waals surface area contributed by atoms with Crippen LogP contribution in [0.15, 0.2) is 0 Å². The average molecular weight is 274 g/mol. The van der Waals surface area contributed by atoms with E-state index >= 15 is 0 Å². The number of rotatable bonds is 5. The molecule has 1 aliphatic rings. The highest BCUT2D eigenvalue weighted by Crippen LogP contribution is 2.31. The van der Waals surface area contributed by atoms with Crippen LogP contribution in [-0.2, 0) is 23.8 Å². The largest absolute Gasteiger partial charge is 0.465 e. The van der Waals surface area contributed by atoms with Crippen LogP contribution in [0.2, 0.25) is 0 Å². The third-order valence-electron chi connectivity index (χ3n) is 3.16. The molecule has 0 aliphatic carbocycles. The van der Waals surface area contributed by atoms with Crippen molar-refractivity contribution in [1.29, 1.82) is 0 Å². The van der Waals surface area contributed by atoms with Gasteiger partial charge in [-0.3, -0.25) is 9.59 Å². The van der Waals surface area contributed by atoms with Gasteiger partial charge in [-0.25, -0.2) is 0 Å². The van der Waals surface area contributed by atoms with Gasteiger partial charge in [-0.2, -0.15) is 0 Å². The second-order valence-electron chi connectivity index (χ2n) is 4.51. The van der Waals surface area contributed by atoms with E-state index in [1.165, 1.54) is 0 Å². The van der Waals surface area contributed by atoms with Crippen LogP contribution in [0.1, 0.15) is 33.1 Å². The average Bonchev–Trinajstić information content (AvgIpc) is 2.55. The molecule has 110 valence electrons. The highest BCUT2D eigenvalue weighted by Gasteiger charge is 2.48. The van der Waals surface area contributed by atoms with Crippen LogP contribution < -0.4 is 0 Å². The van der Waals surface area contributed by atoms with Crippen molar-refractivity contribution in [1.82, 2.24) is 0 Å². The van der Waals surface area contributed by atoms with E-state index in [9.17, 15) is 14.7 Å². The first kappa shape index (κ1) is 15.9. The number of hydrogen-bond acceptors (Lipinski definition) is 6. The standard InChI is InChI=1S/C13H22O6/c1-3-18-11(14)10(12(15)19-4-2)13(16)6-5-8-17-9-7-13/h10,16H,3-9H2,1-2H3. The number of hydrogen-bond donors (Lipinski definition) is 1. The number of carbonyl (C=O) groups excluding carboxylic acids is 2. The first-order valence-electron chi connectivity index (χ1n) is 6.68. The van der Waals surface area contributed by atoms with E-state index in [1.807, 2.05) is 0 Å². The fourth-order valence-corrected chi connectivity index (χ4v) is 2.23. The van der Waals surface area contributed by atoms with Gasteiger partial charge in [-0.1, -0.05) is 0 Å². The lowest BCUT2D eigenvalue weighted by Crippen LogP contribution is -2.48. The van der Waals surface area contributed by atoms with Crippen LogP contribution in [0.5, 0.6) is 0 Å². The Morgan fingerprint density at radius 2 is 1.74 bits per heavy atom. The lowest BCUT2D eigenvalue weighted by Gasteiger charge is -2.31. The lowest BCUT2D eigenvalue weighted by molar-refractivity contribution is -0.176. The van der Waals surface area contributed by atoms with Crippen molar-refractivity contribution in [3.05, 3.63) is 0 Å². The Bertz CT molecular complexity index is 288. The molecule has 19 heavy (non-hydrogen) atoms. The van der Waals surface area contributed by atoms with Crippen molar-refractivity contribution in [2.24, 2.45) is 5.92 Å². The lowest BCUT2D eigenvalue weighted by atomic mass is 9.81. The second kappa shape index (κ2) is 7.45. The van der Waals surface area contributed by atoms with E-state index in [0.717, 1.165) is 0 Å². The van der Waals surface area contributed by atoms with Crippen LogP contribution in [0.25, 0.3) is 0 Å². The molecular weight excluding hydrogens is 252 g/mol. The van der Waals surface area contributed by atoms with Gasteiger partial charge in [-0.05, 0) is 26.7 Å². The van der Waals surface area contributed by atoms with Crippen LogP contribution >= 0.6 is 0 Å². The Kier molecular flexibility index (Phi) is 6.24. The van der Waals surface area contributed by atoms with Crippen molar-refractivity contribution in [2.75, 3.05) is 26.4 Å². The predicted octanol–water partition coefficient (Wildman–Crippen LogP) is 0.660. The summed E-state index contributed by atoms with van der Waals surface area (Å²) < 4.78 is 15.0. The van der Waals surface area contributed by atoms with Crippen molar-refractivity contribution in [2.45, 2.75) is 38.7 Å². The first-order valence-corrected chi connectivity index (χ1v) is 6.68. The zero-order valence-electron chi connectivity index (χ0n) is 11.5. The Morgan fingerprint density at radius 1 is 1.16 bits per heavy atom. The molecule has 0 radical (unpaired) electrons. The predicted molar refractivity (Wildman–Crippen MR) is 66.4 cm³/mol. The topological polar surface area (TPSA) is 82.1 Å². The third kappa shape index (κ3) is 4.18. The van der Waals surface area contributed by atoms with E-state index in [4.69, 9.17) is 14.2 Å². The minimum atomic E-state index is -1.45. The van der Waals surface area contributed by atoms with Crippen molar-refractivity contribution >= 4 is 11.9 Å². The van der Waals surface area contributed by atoms with Crippen LogP contribution in [0.4, 0.5) is 0 Å². The molecule has 1 rings (SSSR count). The molecule has 1 aliphatic heterocycles. The van der Waals surface area contributed by atoms with Crippen molar-refractivity contribution < 1.29 is 28.9 Å². The van der Waals surface area contributed by atoms with E-state index in [2.05, 4.69) is 0 Å². The zero-order valence-corrected chi connectivity index (χ0v) is 11.5. The molecule has 1 N–H and O–H groups in total. The van der Waals surface area contributed by atoms with E-state index < -0.39 is 23.5 Å². The zero-order chi connectivity index (χ0) is 14.3. The minimum Gasteiger partial charge on any atom is -0.465 e. The van der Waals surface area contributed by atoms with Gasteiger partial charge in [0.25, 0.3) is 0 Å². The second-order valence-corrected chi connectivity index (χ2v) is 4.51. The summed E-state index contributed by atoms with van der Waals surface area (Å²) in [6.07, 6.45) is 1.12. The number of ether oxygens (including phenoxy) is 3. The summed E-state index contributed by atoms with van der Waals surface area (Å²) in [6, 6.07) is 0. The van der Waals surface area contributed by atoms with Gasteiger partial charge < -0.3 is 19.3 Å². The van der Waals surface area contributed by atoms with Gasteiger partial charge in [-0.15, -0.1) is 0 Å². The van der Waals surface area contributed by atoms with Gasteiger partial charge >= 0.3 is 11.9 Å². The molecule has 1 saturated heterocycles. The van der Waals surface area contributed by atoms with Gasteiger partial charge in [0.2, 0.25) is 0 Å². The SMILES string of the molecule is CCOC(=O)C(C(=O)OCC)C1(O)CCCOCC1. The number of carbonyl (C=O) groups is 2. The summed E-state index contributed by atoms with van der Waals surface area (Å²) in [5.74, 6) is -2.76. The maximum Gasteiger partial charge on any atom is 0.323 e. The maximum atomic E-state index is 12.0. The highest BCUT2D eigenvalue weighted by molar-refractivity contribution is 5.96. The normalized spacial score (nSPS) is 23.8. The van der Waals surface area contributed by atoms with E-state index in [1.54, 1.807) is 13.8 Å². The molecule has 1 fully saturated rings. The number of aliphatic hydroxyl groups is 1. The summed E-state index contributed by atoms with van der Waals surface area (Å²) in [4.78, 5) is 23.9. The highest BCUT2D eigenvalue weighted by atomic mass is 16.6. The molecule has 0 aromatic rings. The molecule has 0 amide bonds. The van der Waals surface area contributed by atoms with Gasteiger partial charge in [0.05, 0.1) is 18.8 Å². The Morgan fingerprint density at radius 3 is 2.26 bits per heavy atom. The third-order valence-corrected chi connectivity index (χ3v) is 3.16. The first-order chi connectivity index (χ1) is 9.05. The van der Waals surface area contributed by atoms with Crippen LogP contribution in [0.3, 0.4) is 0 Å². The Labute approximate surface area is 113 Å². The monoisotopic (exact) mass is 274 g/mol. The minimum absolute atomic E-state index is 0.154. The fraction of sp³-hybridized carbons (Fsp3) is 0.846. The molecule has 0 aromatic heterocycles. The molecular formula is C13H22O6.